The number of hydrogen-bond acceptors (Lipinski definition) is 4. The second-order valence-electron chi connectivity index (χ2n) is 4.51. The third-order valence-corrected chi connectivity index (χ3v) is 3.06. The zero-order valence-electron chi connectivity index (χ0n) is 11.8. The van der Waals surface area contributed by atoms with Gasteiger partial charge in [0.1, 0.15) is 11.6 Å². The van der Waals surface area contributed by atoms with Crippen LogP contribution >= 0.6 is 23.2 Å². The van der Waals surface area contributed by atoms with E-state index >= 15 is 0 Å². The van der Waals surface area contributed by atoms with Crippen LogP contribution in [0.3, 0.4) is 0 Å². The van der Waals surface area contributed by atoms with E-state index in [4.69, 9.17) is 28.5 Å². The normalized spacial score (nSPS) is 11.1. The van der Waals surface area contributed by atoms with Crippen molar-refractivity contribution < 1.29 is 4.79 Å². The van der Waals surface area contributed by atoms with E-state index in [1.807, 2.05) is 25.1 Å². The van der Waals surface area contributed by atoms with Crippen LogP contribution in [0.4, 0.5) is 5.69 Å². The molecule has 1 amide bonds. The first kappa shape index (κ1) is 17.3. The van der Waals surface area contributed by atoms with Crippen LogP contribution in [0, 0.1) is 11.3 Å². The van der Waals surface area contributed by atoms with E-state index in [1.54, 1.807) is 12.1 Å². The molecule has 0 saturated heterocycles. The van der Waals surface area contributed by atoms with Crippen molar-refractivity contribution in [3.8, 4) is 6.07 Å². The largest absolute Gasteiger partial charge is 0.388 e. The maximum Gasteiger partial charge on any atom is 0.267 e. The standard InChI is InChI=1S/C14H16Cl2N4O/c1-20(2)6-5-18-9-10(8-17)14(21)19-13-7-11(15)3-4-12(13)16/h3-4,7,9,18H,5-6H2,1-2H3,(H,19,21)/b10-9-. The number of nitrogens with one attached hydrogen (secondary N) is 2. The van der Waals surface area contributed by atoms with Gasteiger partial charge in [0.25, 0.3) is 5.91 Å². The van der Waals surface area contributed by atoms with Gasteiger partial charge in [-0.2, -0.15) is 5.26 Å². The molecule has 2 N–H and O–H groups in total. The van der Waals surface area contributed by atoms with Crippen molar-refractivity contribution in [1.82, 2.24) is 10.2 Å². The molecule has 0 saturated carbocycles. The van der Waals surface area contributed by atoms with Gasteiger partial charge in [-0.05, 0) is 32.3 Å². The van der Waals surface area contributed by atoms with Crippen molar-refractivity contribution in [1.29, 1.82) is 5.26 Å². The van der Waals surface area contributed by atoms with Gasteiger partial charge in [-0.25, -0.2) is 0 Å². The van der Waals surface area contributed by atoms with Gasteiger partial charge in [0.15, 0.2) is 0 Å². The number of halogens is 2. The minimum Gasteiger partial charge on any atom is -0.388 e. The molecule has 0 aliphatic carbocycles. The van der Waals surface area contributed by atoms with Crippen LogP contribution < -0.4 is 10.6 Å². The number of carbonyl (C=O) groups is 1. The Bertz CT molecular complexity index is 579. The molecule has 0 unspecified atom stereocenters. The monoisotopic (exact) mass is 326 g/mol. The Morgan fingerprint density at radius 1 is 1.43 bits per heavy atom. The summed E-state index contributed by atoms with van der Waals surface area (Å²) in [6, 6.07) is 6.55. The third kappa shape index (κ3) is 6.05. The fraction of sp³-hybridized carbons (Fsp3) is 0.286. The second-order valence-corrected chi connectivity index (χ2v) is 5.35. The van der Waals surface area contributed by atoms with E-state index in [1.165, 1.54) is 12.3 Å². The summed E-state index contributed by atoms with van der Waals surface area (Å²) in [5.41, 5.74) is 0.327. The predicted molar refractivity (Wildman–Crippen MR) is 85.3 cm³/mol. The molecule has 0 bridgehead atoms. The highest BCUT2D eigenvalue weighted by atomic mass is 35.5. The topological polar surface area (TPSA) is 68.2 Å². The van der Waals surface area contributed by atoms with Gasteiger partial charge >= 0.3 is 0 Å². The van der Waals surface area contributed by atoms with E-state index in [2.05, 4.69) is 10.6 Å². The number of hydrogen-bond donors (Lipinski definition) is 2. The number of nitrogens with zero attached hydrogens (tertiary/aromatic N) is 2. The first-order valence-corrected chi connectivity index (χ1v) is 6.94. The number of amides is 1. The zero-order chi connectivity index (χ0) is 15.8. The van der Waals surface area contributed by atoms with Crippen LogP contribution in [-0.4, -0.2) is 38.0 Å². The summed E-state index contributed by atoms with van der Waals surface area (Å²) in [4.78, 5) is 14.0. The Morgan fingerprint density at radius 2 is 2.14 bits per heavy atom. The van der Waals surface area contributed by atoms with Crippen LogP contribution in [0.1, 0.15) is 0 Å². The maximum absolute atomic E-state index is 12.0. The summed E-state index contributed by atoms with van der Waals surface area (Å²) < 4.78 is 0. The smallest absolute Gasteiger partial charge is 0.267 e. The number of anilines is 1. The number of carbonyl (C=O) groups excluding carboxylic acids is 1. The van der Waals surface area contributed by atoms with Crippen LogP contribution in [0.25, 0.3) is 0 Å². The Morgan fingerprint density at radius 3 is 2.76 bits per heavy atom. The van der Waals surface area contributed by atoms with E-state index in [9.17, 15) is 4.79 Å². The number of rotatable bonds is 6. The highest BCUT2D eigenvalue weighted by molar-refractivity contribution is 6.35. The van der Waals surface area contributed by atoms with Crippen molar-refractivity contribution in [2.75, 3.05) is 32.5 Å². The molecule has 21 heavy (non-hydrogen) atoms. The lowest BCUT2D eigenvalue weighted by Crippen LogP contribution is -2.24. The summed E-state index contributed by atoms with van der Waals surface area (Å²) in [7, 11) is 3.87. The van der Waals surface area contributed by atoms with Crippen LogP contribution in [-0.2, 0) is 4.79 Å². The third-order valence-electron chi connectivity index (χ3n) is 2.49. The molecular weight excluding hydrogens is 311 g/mol. The van der Waals surface area contributed by atoms with Gasteiger partial charge in [0.2, 0.25) is 0 Å². The molecular formula is C14H16Cl2N4O. The summed E-state index contributed by atoms with van der Waals surface area (Å²) in [6.07, 6.45) is 1.39. The van der Waals surface area contributed by atoms with Crippen LogP contribution in [0.2, 0.25) is 10.0 Å². The molecule has 1 rings (SSSR count). The summed E-state index contributed by atoms with van der Waals surface area (Å²) in [5, 5.41) is 15.3. The minimum absolute atomic E-state index is 0.0372. The lowest BCUT2D eigenvalue weighted by atomic mass is 10.2. The van der Waals surface area contributed by atoms with Crippen LogP contribution in [0.5, 0.6) is 0 Å². The molecule has 7 heteroatoms. The lowest BCUT2D eigenvalue weighted by Gasteiger charge is -2.09. The van der Waals surface area contributed by atoms with E-state index in [-0.39, 0.29) is 5.57 Å². The summed E-state index contributed by atoms with van der Waals surface area (Å²) in [6.45, 7) is 1.42. The summed E-state index contributed by atoms with van der Waals surface area (Å²) in [5.74, 6) is -0.543. The Hall–Kier alpha value is -1.74. The zero-order valence-corrected chi connectivity index (χ0v) is 13.3. The van der Waals surface area contributed by atoms with Crippen molar-refractivity contribution in [2.24, 2.45) is 0 Å². The molecule has 0 aliphatic rings. The molecule has 1 aromatic rings. The van der Waals surface area contributed by atoms with Crippen molar-refractivity contribution in [2.45, 2.75) is 0 Å². The SMILES string of the molecule is CN(C)CCN/C=C(/C#N)C(=O)Nc1cc(Cl)ccc1Cl. The molecule has 1 aromatic carbocycles. The average Bonchev–Trinajstić information content (AvgIpc) is 2.42. The molecule has 112 valence electrons. The van der Waals surface area contributed by atoms with Gasteiger partial charge in [-0.1, -0.05) is 23.2 Å². The molecule has 0 radical (unpaired) electrons. The molecule has 0 spiro atoms. The Balaban J connectivity index is 2.69. The van der Waals surface area contributed by atoms with E-state index < -0.39 is 5.91 Å². The number of likely N-dealkylation sites (N-methyl/N-ethyl adjacent to an activating group) is 1. The Kier molecular flexibility index (Phi) is 7.03. The fourth-order valence-electron chi connectivity index (χ4n) is 1.39. The van der Waals surface area contributed by atoms with E-state index in [0.717, 1.165) is 6.54 Å². The highest BCUT2D eigenvalue weighted by Crippen LogP contribution is 2.25. The molecule has 0 fully saturated rings. The number of benzene rings is 1. The molecule has 0 aromatic heterocycles. The van der Waals surface area contributed by atoms with Gasteiger partial charge in [0.05, 0.1) is 10.7 Å². The predicted octanol–water partition coefficient (Wildman–Crippen LogP) is 2.49. The number of nitriles is 1. The quantitative estimate of drug-likeness (QED) is 0.478. The minimum atomic E-state index is -0.543. The van der Waals surface area contributed by atoms with Gasteiger partial charge in [-0.3, -0.25) is 4.79 Å². The Labute approximate surface area is 134 Å². The van der Waals surface area contributed by atoms with Gasteiger partial charge < -0.3 is 15.5 Å². The molecule has 0 atom stereocenters. The second kappa shape index (κ2) is 8.53. The molecule has 0 heterocycles. The highest BCUT2D eigenvalue weighted by Gasteiger charge is 2.11. The first-order chi connectivity index (χ1) is 9.93. The van der Waals surface area contributed by atoms with Crippen molar-refractivity contribution in [3.63, 3.8) is 0 Å². The molecule has 0 aliphatic heterocycles. The maximum atomic E-state index is 12.0. The van der Waals surface area contributed by atoms with Gasteiger partial charge in [0, 0.05) is 24.3 Å². The van der Waals surface area contributed by atoms with Crippen molar-refractivity contribution >= 4 is 34.8 Å². The summed E-state index contributed by atoms with van der Waals surface area (Å²) >= 11 is 11.8. The van der Waals surface area contributed by atoms with Crippen LogP contribution in [0.15, 0.2) is 30.0 Å². The van der Waals surface area contributed by atoms with Gasteiger partial charge in [-0.15, -0.1) is 0 Å². The van der Waals surface area contributed by atoms with E-state index in [0.29, 0.717) is 22.3 Å². The fourth-order valence-corrected chi connectivity index (χ4v) is 1.73. The van der Waals surface area contributed by atoms with Crippen molar-refractivity contribution in [3.05, 3.63) is 40.0 Å². The first-order valence-electron chi connectivity index (χ1n) is 6.19. The molecule has 5 nitrogen and oxygen atoms in total. The lowest BCUT2D eigenvalue weighted by molar-refractivity contribution is -0.112. The average molecular weight is 327 g/mol.